The third kappa shape index (κ3) is 4.22. The Hall–Kier alpha value is -2.09. The predicted octanol–water partition coefficient (Wildman–Crippen LogP) is 3.37. The average Bonchev–Trinajstić information content (AvgIpc) is 2.85. The number of benzene rings is 1. The van der Waals surface area contributed by atoms with Crippen molar-refractivity contribution in [2.75, 3.05) is 0 Å². The summed E-state index contributed by atoms with van der Waals surface area (Å²) >= 11 is 1.48. The number of aromatic nitrogens is 3. The van der Waals surface area contributed by atoms with Gasteiger partial charge in [0.05, 0.1) is 11.0 Å². The quantitative estimate of drug-likeness (QED) is 0.438. The summed E-state index contributed by atoms with van der Waals surface area (Å²) in [5, 5.41) is 20.0. The molecule has 0 saturated carbocycles. The van der Waals surface area contributed by atoms with E-state index >= 15 is 0 Å². The summed E-state index contributed by atoms with van der Waals surface area (Å²) in [7, 11) is 1.92. The molecule has 0 unspecified atom stereocenters. The van der Waals surface area contributed by atoms with E-state index in [0.717, 1.165) is 23.0 Å². The van der Waals surface area contributed by atoms with Crippen molar-refractivity contribution in [1.82, 2.24) is 14.8 Å². The molecule has 1 aromatic carbocycles. The molecule has 2 rings (SSSR count). The minimum Gasteiger partial charge on any atom is -0.491 e. The second-order valence-corrected chi connectivity index (χ2v) is 6.26. The molecule has 0 atom stereocenters. The molecule has 7 nitrogen and oxygen atoms in total. The number of non-ortho nitro benzene ring substituents is 1. The van der Waals surface area contributed by atoms with Gasteiger partial charge in [-0.05, 0) is 19.9 Å². The molecule has 23 heavy (non-hydrogen) atoms. The van der Waals surface area contributed by atoms with Gasteiger partial charge in [0.25, 0.3) is 5.69 Å². The number of nitrogens with zero attached hydrogens (tertiary/aromatic N) is 4. The molecular formula is C15H20N4O3S. The standard InChI is InChI=1S/C15H20N4O3S/c1-5-14-16-17-15(18(14)4)23-9-11-8-12(19(20)21)6-7-13(11)22-10(2)3/h6-8,10H,5,9H2,1-4H3. The molecule has 0 saturated heterocycles. The molecule has 0 bridgehead atoms. The van der Waals surface area contributed by atoms with Crippen molar-refractivity contribution in [2.45, 2.75) is 44.2 Å². The zero-order valence-electron chi connectivity index (χ0n) is 13.6. The second-order valence-electron chi connectivity index (χ2n) is 5.32. The number of nitro groups is 1. The van der Waals surface area contributed by atoms with E-state index in [9.17, 15) is 10.1 Å². The van der Waals surface area contributed by atoms with E-state index in [2.05, 4.69) is 10.2 Å². The molecule has 0 aliphatic carbocycles. The van der Waals surface area contributed by atoms with Crippen molar-refractivity contribution in [2.24, 2.45) is 7.05 Å². The first kappa shape index (κ1) is 17.3. The highest BCUT2D eigenvalue weighted by molar-refractivity contribution is 7.98. The number of nitro benzene ring substituents is 1. The summed E-state index contributed by atoms with van der Waals surface area (Å²) in [5.74, 6) is 2.10. The molecule has 1 heterocycles. The van der Waals surface area contributed by atoms with Gasteiger partial charge in [0.1, 0.15) is 11.6 Å². The lowest BCUT2D eigenvalue weighted by Crippen LogP contribution is -2.07. The Bertz CT molecular complexity index is 700. The molecule has 0 N–H and O–H groups in total. The molecule has 8 heteroatoms. The lowest BCUT2D eigenvalue weighted by molar-refractivity contribution is -0.384. The summed E-state index contributed by atoms with van der Waals surface area (Å²) in [5.41, 5.74) is 0.836. The van der Waals surface area contributed by atoms with Gasteiger partial charge < -0.3 is 9.30 Å². The van der Waals surface area contributed by atoms with Crippen LogP contribution in [0, 0.1) is 10.1 Å². The van der Waals surface area contributed by atoms with Gasteiger partial charge in [-0.15, -0.1) is 10.2 Å². The topological polar surface area (TPSA) is 83.1 Å². The lowest BCUT2D eigenvalue weighted by atomic mass is 10.2. The molecular weight excluding hydrogens is 316 g/mol. The Labute approximate surface area is 139 Å². The Morgan fingerprint density at radius 2 is 2.13 bits per heavy atom. The van der Waals surface area contributed by atoms with E-state index in [4.69, 9.17) is 4.74 Å². The number of hydrogen-bond donors (Lipinski definition) is 0. The fourth-order valence-corrected chi connectivity index (χ4v) is 2.99. The van der Waals surface area contributed by atoms with Crippen LogP contribution in [-0.2, 0) is 19.2 Å². The average molecular weight is 336 g/mol. The number of hydrogen-bond acceptors (Lipinski definition) is 6. The van der Waals surface area contributed by atoms with Crippen LogP contribution in [0.15, 0.2) is 23.4 Å². The highest BCUT2D eigenvalue weighted by atomic mass is 32.2. The third-order valence-electron chi connectivity index (χ3n) is 3.22. The zero-order valence-corrected chi connectivity index (χ0v) is 14.5. The van der Waals surface area contributed by atoms with Gasteiger partial charge >= 0.3 is 0 Å². The first-order chi connectivity index (χ1) is 10.9. The zero-order chi connectivity index (χ0) is 17.0. The van der Waals surface area contributed by atoms with Crippen molar-refractivity contribution in [3.05, 3.63) is 39.7 Å². The first-order valence-electron chi connectivity index (χ1n) is 7.37. The van der Waals surface area contributed by atoms with Gasteiger partial charge in [-0.1, -0.05) is 18.7 Å². The maximum atomic E-state index is 11.0. The summed E-state index contributed by atoms with van der Waals surface area (Å²) in [6, 6.07) is 4.67. The molecule has 2 aromatic rings. The van der Waals surface area contributed by atoms with E-state index in [1.54, 1.807) is 12.1 Å². The van der Waals surface area contributed by atoms with E-state index in [1.165, 1.54) is 17.8 Å². The molecule has 1 aromatic heterocycles. The minimum absolute atomic E-state index is 0.00160. The summed E-state index contributed by atoms with van der Waals surface area (Å²) in [6.07, 6.45) is 0.810. The Morgan fingerprint density at radius 1 is 1.39 bits per heavy atom. The molecule has 0 radical (unpaired) electrons. The van der Waals surface area contributed by atoms with Gasteiger partial charge in [-0.3, -0.25) is 10.1 Å². The highest BCUT2D eigenvalue weighted by Crippen LogP contribution is 2.31. The van der Waals surface area contributed by atoms with Crippen LogP contribution in [0.3, 0.4) is 0 Å². The van der Waals surface area contributed by atoms with Crippen LogP contribution in [-0.4, -0.2) is 25.8 Å². The largest absolute Gasteiger partial charge is 0.491 e. The molecule has 124 valence electrons. The van der Waals surface area contributed by atoms with Crippen LogP contribution in [0.5, 0.6) is 5.75 Å². The molecule has 0 spiro atoms. The van der Waals surface area contributed by atoms with Gasteiger partial charge in [-0.25, -0.2) is 0 Å². The normalized spacial score (nSPS) is 11.0. The van der Waals surface area contributed by atoms with Crippen LogP contribution in [0.2, 0.25) is 0 Å². The number of aryl methyl sites for hydroxylation is 1. The molecule has 0 amide bonds. The highest BCUT2D eigenvalue weighted by Gasteiger charge is 2.15. The summed E-state index contributed by atoms with van der Waals surface area (Å²) in [6.45, 7) is 5.87. The fraction of sp³-hybridized carbons (Fsp3) is 0.467. The van der Waals surface area contributed by atoms with Crippen molar-refractivity contribution in [3.63, 3.8) is 0 Å². The molecule has 0 fully saturated rings. The lowest BCUT2D eigenvalue weighted by Gasteiger charge is -2.14. The Kier molecular flexibility index (Phi) is 5.59. The second kappa shape index (κ2) is 7.45. The summed E-state index contributed by atoms with van der Waals surface area (Å²) < 4.78 is 7.68. The molecule has 0 aliphatic heterocycles. The maximum Gasteiger partial charge on any atom is 0.270 e. The van der Waals surface area contributed by atoms with Crippen LogP contribution >= 0.6 is 11.8 Å². The van der Waals surface area contributed by atoms with Crippen LogP contribution in [0.4, 0.5) is 5.69 Å². The van der Waals surface area contributed by atoms with Crippen LogP contribution in [0.25, 0.3) is 0 Å². The Balaban J connectivity index is 2.23. The first-order valence-corrected chi connectivity index (χ1v) is 8.36. The van der Waals surface area contributed by atoms with E-state index in [-0.39, 0.29) is 11.8 Å². The monoisotopic (exact) mass is 336 g/mol. The van der Waals surface area contributed by atoms with Gasteiger partial charge in [0.15, 0.2) is 5.16 Å². The van der Waals surface area contributed by atoms with E-state index in [1.807, 2.05) is 32.4 Å². The third-order valence-corrected chi connectivity index (χ3v) is 4.28. The smallest absolute Gasteiger partial charge is 0.270 e. The SMILES string of the molecule is CCc1nnc(SCc2cc([N+](=O)[O-])ccc2OC(C)C)n1C. The Morgan fingerprint density at radius 3 is 2.70 bits per heavy atom. The van der Waals surface area contributed by atoms with Crippen molar-refractivity contribution in [1.29, 1.82) is 0 Å². The van der Waals surface area contributed by atoms with Crippen LogP contribution in [0.1, 0.15) is 32.2 Å². The van der Waals surface area contributed by atoms with Crippen LogP contribution < -0.4 is 4.74 Å². The van der Waals surface area contributed by atoms with Crippen molar-refractivity contribution >= 4 is 17.4 Å². The number of ether oxygens (including phenoxy) is 1. The minimum atomic E-state index is -0.398. The fourth-order valence-electron chi connectivity index (χ4n) is 2.08. The van der Waals surface area contributed by atoms with Gasteiger partial charge in [0.2, 0.25) is 0 Å². The van der Waals surface area contributed by atoms with E-state index < -0.39 is 4.92 Å². The van der Waals surface area contributed by atoms with Gasteiger partial charge in [0, 0.05) is 36.9 Å². The number of thioether (sulfide) groups is 1. The predicted molar refractivity (Wildman–Crippen MR) is 88.8 cm³/mol. The number of rotatable bonds is 7. The van der Waals surface area contributed by atoms with Crippen molar-refractivity contribution in [3.8, 4) is 5.75 Å². The van der Waals surface area contributed by atoms with Crippen molar-refractivity contribution < 1.29 is 9.66 Å². The molecule has 0 aliphatic rings. The van der Waals surface area contributed by atoms with Gasteiger partial charge in [-0.2, -0.15) is 0 Å². The maximum absolute atomic E-state index is 11.0. The summed E-state index contributed by atoms with van der Waals surface area (Å²) in [4.78, 5) is 10.6. The van der Waals surface area contributed by atoms with E-state index in [0.29, 0.717) is 11.5 Å².